The summed E-state index contributed by atoms with van der Waals surface area (Å²) in [6.07, 6.45) is 4.75. The minimum atomic E-state index is -0.912. The predicted octanol–water partition coefficient (Wildman–Crippen LogP) is 1.14. The van der Waals surface area contributed by atoms with Crippen molar-refractivity contribution in [1.29, 1.82) is 0 Å². The molecule has 1 aliphatic heterocycles. The molecule has 2 rings (SSSR count). The van der Waals surface area contributed by atoms with Gasteiger partial charge in [-0.2, -0.15) is 0 Å². The van der Waals surface area contributed by atoms with Crippen LogP contribution in [0.15, 0.2) is 36.1 Å². The molecule has 4 heteroatoms. The van der Waals surface area contributed by atoms with E-state index in [2.05, 4.69) is 11.3 Å². The number of aliphatic hydroxyl groups excluding tert-OH is 1. The Morgan fingerprint density at radius 3 is 3.12 bits per heavy atom. The fraction of sp³-hybridized carbons (Fsp3) is 0.417. The third-order valence-corrected chi connectivity index (χ3v) is 3.12. The van der Waals surface area contributed by atoms with Crippen LogP contribution in [0.3, 0.4) is 0 Å². The Morgan fingerprint density at radius 2 is 2.50 bits per heavy atom. The summed E-state index contributed by atoms with van der Waals surface area (Å²) >= 11 is 0. The zero-order chi connectivity index (χ0) is 11.7. The van der Waals surface area contributed by atoms with Crippen molar-refractivity contribution in [2.45, 2.75) is 12.7 Å². The topological polar surface area (TPSA) is 55.8 Å². The van der Waals surface area contributed by atoms with Gasteiger partial charge in [0.25, 0.3) is 0 Å². The number of esters is 1. The first-order chi connectivity index (χ1) is 7.69. The molecule has 0 saturated heterocycles. The number of carbonyl (C=O) groups is 1. The number of aliphatic hydroxyl groups is 1. The second-order valence-corrected chi connectivity index (χ2v) is 3.87. The van der Waals surface area contributed by atoms with Crippen LogP contribution in [0.4, 0.5) is 0 Å². The highest BCUT2D eigenvalue weighted by Crippen LogP contribution is 2.42. The van der Waals surface area contributed by atoms with Crippen molar-refractivity contribution in [1.82, 2.24) is 0 Å². The Labute approximate surface area is 93.9 Å². The van der Waals surface area contributed by atoms with Gasteiger partial charge in [-0.3, -0.25) is 0 Å². The van der Waals surface area contributed by atoms with Crippen LogP contribution in [0.2, 0.25) is 0 Å². The van der Waals surface area contributed by atoms with Gasteiger partial charge >= 0.3 is 5.97 Å². The van der Waals surface area contributed by atoms with Crippen LogP contribution in [0.5, 0.6) is 0 Å². The lowest BCUT2D eigenvalue weighted by atomic mass is 9.83. The van der Waals surface area contributed by atoms with Crippen LogP contribution in [-0.2, 0) is 14.3 Å². The number of rotatable bonds is 2. The SMILES string of the molecule is C=CC1=CC[C@@H]2C(C(=O)OC)=COC(O)[C@H]12. The molecule has 0 aromatic rings. The Bertz CT molecular complexity index is 380. The van der Waals surface area contributed by atoms with E-state index in [1.54, 1.807) is 6.08 Å². The molecule has 0 fully saturated rings. The molecular formula is C12H14O4. The fourth-order valence-electron chi connectivity index (χ4n) is 2.31. The Morgan fingerprint density at radius 1 is 1.75 bits per heavy atom. The van der Waals surface area contributed by atoms with Crippen LogP contribution < -0.4 is 0 Å². The number of fused-ring (bicyclic) bond motifs is 1. The molecule has 86 valence electrons. The predicted molar refractivity (Wildman–Crippen MR) is 57.1 cm³/mol. The molecule has 1 N–H and O–H groups in total. The summed E-state index contributed by atoms with van der Waals surface area (Å²) in [7, 11) is 1.33. The largest absolute Gasteiger partial charge is 0.471 e. The Balaban J connectivity index is 2.29. The number of hydrogen-bond acceptors (Lipinski definition) is 4. The molecule has 0 aromatic heterocycles. The van der Waals surface area contributed by atoms with Crippen LogP contribution >= 0.6 is 0 Å². The van der Waals surface area contributed by atoms with E-state index in [-0.39, 0.29) is 11.8 Å². The fourth-order valence-corrected chi connectivity index (χ4v) is 2.31. The van der Waals surface area contributed by atoms with Gasteiger partial charge in [0.15, 0.2) is 0 Å². The van der Waals surface area contributed by atoms with Gasteiger partial charge in [0.2, 0.25) is 6.29 Å². The molecule has 0 saturated carbocycles. The first-order valence-electron chi connectivity index (χ1n) is 5.13. The molecular weight excluding hydrogens is 208 g/mol. The first kappa shape index (κ1) is 11.0. The van der Waals surface area contributed by atoms with E-state index in [0.29, 0.717) is 12.0 Å². The summed E-state index contributed by atoms with van der Waals surface area (Å²) in [5, 5.41) is 9.75. The molecule has 2 aliphatic rings. The van der Waals surface area contributed by atoms with Gasteiger partial charge in [-0.25, -0.2) is 4.79 Å². The molecule has 3 atom stereocenters. The zero-order valence-electron chi connectivity index (χ0n) is 9.05. The smallest absolute Gasteiger partial charge is 0.337 e. The van der Waals surface area contributed by atoms with Gasteiger partial charge in [-0.15, -0.1) is 0 Å². The molecule has 1 heterocycles. The molecule has 4 nitrogen and oxygen atoms in total. The molecule has 0 bridgehead atoms. The summed E-state index contributed by atoms with van der Waals surface area (Å²) < 4.78 is 9.75. The molecule has 0 radical (unpaired) electrons. The van der Waals surface area contributed by atoms with Crippen molar-refractivity contribution < 1.29 is 19.4 Å². The summed E-state index contributed by atoms with van der Waals surface area (Å²) in [6, 6.07) is 0. The average molecular weight is 222 g/mol. The normalized spacial score (nSPS) is 32.0. The third kappa shape index (κ3) is 1.55. The van der Waals surface area contributed by atoms with E-state index in [1.807, 2.05) is 6.08 Å². The number of hydrogen-bond donors (Lipinski definition) is 1. The molecule has 1 aliphatic carbocycles. The van der Waals surface area contributed by atoms with E-state index >= 15 is 0 Å². The standard InChI is InChI=1S/C12H14O4/c1-3-7-4-5-8-9(11(13)15-2)6-16-12(14)10(7)8/h3-4,6,8,10,12,14H,1,5H2,2H3/t8-,10-,12?/m1/s1. The van der Waals surface area contributed by atoms with Gasteiger partial charge in [-0.05, 0) is 12.0 Å². The summed E-state index contributed by atoms with van der Waals surface area (Å²) in [6.45, 7) is 3.69. The van der Waals surface area contributed by atoms with E-state index in [9.17, 15) is 9.90 Å². The van der Waals surface area contributed by atoms with E-state index in [4.69, 9.17) is 4.74 Å². The van der Waals surface area contributed by atoms with E-state index < -0.39 is 12.3 Å². The number of allylic oxidation sites excluding steroid dienone is 2. The molecule has 16 heavy (non-hydrogen) atoms. The zero-order valence-corrected chi connectivity index (χ0v) is 9.05. The minimum Gasteiger partial charge on any atom is -0.471 e. The van der Waals surface area contributed by atoms with Gasteiger partial charge in [0, 0.05) is 5.92 Å². The van der Waals surface area contributed by atoms with Crippen LogP contribution in [0.1, 0.15) is 6.42 Å². The van der Waals surface area contributed by atoms with E-state index in [0.717, 1.165) is 5.57 Å². The van der Waals surface area contributed by atoms with Gasteiger partial charge in [0.05, 0.1) is 24.9 Å². The monoisotopic (exact) mass is 222 g/mol. The molecule has 0 amide bonds. The van der Waals surface area contributed by atoms with Gasteiger partial charge in [0.1, 0.15) is 0 Å². The lowest BCUT2D eigenvalue weighted by Gasteiger charge is -2.31. The van der Waals surface area contributed by atoms with Crippen molar-refractivity contribution in [3.63, 3.8) is 0 Å². The Hall–Kier alpha value is -1.55. The Kier molecular flexibility index (Phi) is 2.83. The van der Waals surface area contributed by atoms with Gasteiger partial charge in [-0.1, -0.05) is 18.7 Å². The third-order valence-electron chi connectivity index (χ3n) is 3.12. The average Bonchev–Trinajstić information content (AvgIpc) is 2.73. The lowest BCUT2D eigenvalue weighted by molar-refractivity contribution is -0.141. The summed E-state index contributed by atoms with van der Waals surface area (Å²) in [5.74, 6) is -0.679. The maximum absolute atomic E-state index is 11.5. The van der Waals surface area contributed by atoms with Crippen LogP contribution in [0, 0.1) is 11.8 Å². The number of methoxy groups -OCH3 is 1. The molecule has 1 unspecified atom stereocenters. The highest BCUT2D eigenvalue weighted by Gasteiger charge is 2.42. The van der Waals surface area contributed by atoms with Crippen LogP contribution in [0.25, 0.3) is 0 Å². The quantitative estimate of drug-likeness (QED) is 0.712. The van der Waals surface area contributed by atoms with Crippen molar-refractivity contribution >= 4 is 5.97 Å². The van der Waals surface area contributed by atoms with Crippen molar-refractivity contribution in [2.75, 3.05) is 7.11 Å². The van der Waals surface area contributed by atoms with E-state index in [1.165, 1.54) is 13.4 Å². The number of carbonyl (C=O) groups excluding carboxylic acids is 1. The molecule has 0 spiro atoms. The molecule has 0 aromatic carbocycles. The van der Waals surface area contributed by atoms with Crippen LogP contribution in [-0.4, -0.2) is 24.5 Å². The number of ether oxygens (including phenoxy) is 2. The first-order valence-corrected chi connectivity index (χ1v) is 5.13. The van der Waals surface area contributed by atoms with Crippen molar-refractivity contribution in [3.05, 3.63) is 36.1 Å². The van der Waals surface area contributed by atoms with Crippen molar-refractivity contribution in [2.24, 2.45) is 11.8 Å². The second kappa shape index (κ2) is 4.14. The summed E-state index contributed by atoms with van der Waals surface area (Å²) in [4.78, 5) is 11.5. The lowest BCUT2D eigenvalue weighted by Crippen LogP contribution is -2.34. The van der Waals surface area contributed by atoms with Gasteiger partial charge < -0.3 is 14.6 Å². The minimum absolute atomic E-state index is 0.0656. The van der Waals surface area contributed by atoms with Crippen molar-refractivity contribution in [3.8, 4) is 0 Å². The summed E-state index contributed by atoms with van der Waals surface area (Å²) in [5.41, 5.74) is 1.40. The highest BCUT2D eigenvalue weighted by atomic mass is 16.6. The highest BCUT2D eigenvalue weighted by molar-refractivity contribution is 5.89. The maximum Gasteiger partial charge on any atom is 0.337 e. The second-order valence-electron chi connectivity index (χ2n) is 3.87. The maximum atomic E-state index is 11.5.